The van der Waals surface area contributed by atoms with Gasteiger partial charge < -0.3 is 5.32 Å². The summed E-state index contributed by atoms with van der Waals surface area (Å²) in [5.41, 5.74) is 1.18. The number of aromatic nitrogens is 4. The number of carbonyl (C=O) groups is 1. The van der Waals surface area contributed by atoms with E-state index >= 15 is 0 Å². The quantitative estimate of drug-likeness (QED) is 0.669. The third-order valence-electron chi connectivity index (χ3n) is 3.28. The predicted octanol–water partition coefficient (Wildman–Crippen LogP) is 2.86. The molecule has 0 radical (unpaired) electrons. The largest absolute Gasteiger partial charge is 0.351 e. The second kappa shape index (κ2) is 8.09. The number of rotatable bonds is 6. The fraction of sp³-hybridized carbons (Fsp3) is 0.125. The summed E-state index contributed by atoms with van der Waals surface area (Å²) in [4.78, 5) is 12.0. The summed E-state index contributed by atoms with van der Waals surface area (Å²) >= 11 is 7.05. The van der Waals surface area contributed by atoms with E-state index in [4.69, 9.17) is 11.6 Å². The highest BCUT2D eigenvalue weighted by Gasteiger charge is 2.12. The molecule has 0 aliphatic rings. The van der Waals surface area contributed by atoms with Crippen LogP contribution in [0, 0.1) is 5.82 Å². The Hall–Kier alpha value is -2.45. The smallest absolute Gasteiger partial charge is 0.230 e. The highest BCUT2D eigenvalue weighted by atomic mass is 35.5. The van der Waals surface area contributed by atoms with Crippen molar-refractivity contribution in [1.82, 2.24) is 25.5 Å². The minimum atomic E-state index is -0.345. The van der Waals surface area contributed by atoms with Crippen molar-refractivity contribution < 1.29 is 9.18 Å². The molecule has 128 valence electrons. The molecule has 2 aromatic carbocycles. The summed E-state index contributed by atoms with van der Waals surface area (Å²) in [5.74, 6) is -0.469. The number of nitrogens with zero attached hydrogens (tertiary/aromatic N) is 4. The van der Waals surface area contributed by atoms with E-state index in [0.29, 0.717) is 15.7 Å². The van der Waals surface area contributed by atoms with Crippen molar-refractivity contribution in [3.05, 3.63) is 64.9 Å². The third-order valence-corrected chi connectivity index (χ3v) is 4.45. The average molecular weight is 378 g/mol. The zero-order valence-electron chi connectivity index (χ0n) is 12.9. The van der Waals surface area contributed by atoms with Crippen molar-refractivity contribution in [2.24, 2.45) is 0 Å². The van der Waals surface area contributed by atoms with Crippen LogP contribution in [0.5, 0.6) is 0 Å². The van der Waals surface area contributed by atoms with E-state index in [1.54, 1.807) is 42.5 Å². The lowest BCUT2D eigenvalue weighted by atomic mass is 10.2. The van der Waals surface area contributed by atoms with Crippen LogP contribution in [0.25, 0.3) is 5.69 Å². The molecule has 1 heterocycles. The molecule has 0 saturated carbocycles. The highest BCUT2D eigenvalue weighted by Crippen LogP contribution is 2.19. The molecule has 0 aliphatic carbocycles. The Morgan fingerprint density at radius 1 is 1.20 bits per heavy atom. The van der Waals surface area contributed by atoms with Crippen LogP contribution in [-0.2, 0) is 11.3 Å². The van der Waals surface area contributed by atoms with Crippen LogP contribution in [0.3, 0.4) is 0 Å². The van der Waals surface area contributed by atoms with Gasteiger partial charge in [0.15, 0.2) is 0 Å². The molecule has 3 aromatic rings. The lowest BCUT2D eigenvalue weighted by Gasteiger charge is -2.06. The van der Waals surface area contributed by atoms with Crippen LogP contribution in [0.4, 0.5) is 4.39 Å². The van der Waals surface area contributed by atoms with Crippen molar-refractivity contribution in [3.63, 3.8) is 0 Å². The lowest BCUT2D eigenvalue weighted by molar-refractivity contribution is -0.118. The van der Waals surface area contributed by atoms with Gasteiger partial charge in [-0.1, -0.05) is 41.6 Å². The van der Waals surface area contributed by atoms with E-state index in [0.717, 1.165) is 5.69 Å². The van der Waals surface area contributed by atoms with Crippen LogP contribution in [0.1, 0.15) is 5.56 Å². The predicted molar refractivity (Wildman–Crippen MR) is 93.1 cm³/mol. The number of carbonyl (C=O) groups excluding carboxylic acids is 1. The topological polar surface area (TPSA) is 72.7 Å². The van der Waals surface area contributed by atoms with Crippen molar-refractivity contribution >= 4 is 29.3 Å². The molecule has 9 heteroatoms. The molecular formula is C16H13ClFN5OS. The van der Waals surface area contributed by atoms with Gasteiger partial charge in [0.05, 0.1) is 11.4 Å². The van der Waals surface area contributed by atoms with Gasteiger partial charge in [-0.15, -0.1) is 5.10 Å². The summed E-state index contributed by atoms with van der Waals surface area (Å²) in [6, 6.07) is 13.3. The summed E-state index contributed by atoms with van der Waals surface area (Å²) in [7, 11) is 0. The van der Waals surface area contributed by atoms with E-state index < -0.39 is 0 Å². The van der Waals surface area contributed by atoms with Crippen molar-refractivity contribution in [3.8, 4) is 5.69 Å². The van der Waals surface area contributed by atoms with Gasteiger partial charge in [0.2, 0.25) is 11.1 Å². The minimum absolute atomic E-state index is 0.114. The molecule has 1 aromatic heterocycles. The zero-order valence-corrected chi connectivity index (χ0v) is 14.5. The first-order chi connectivity index (χ1) is 12.1. The molecule has 0 bridgehead atoms. The SMILES string of the molecule is O=C(CSc1nnnn1-c1ccc(Cl)cc1)NCc1ccccc1F. The standard InChI is InChI=1S/C16H13ClFN5OS/c17-12-5-7-13(8-6-12)23-16(20-21-22-23)25-10-15(24)19-9-11-3-1-2-4-14(11)18/h1-8H,9-10H2,(H,19,24). The fourth-order valence-corrected chi connectivity index (χ4v) is 2.88. The van der Waals surface area contributed by atoms with Crippen molar-refractivity contribution in [2.75, 3.05) is 5.75 Å². The van der Waals surface area contributed by atoms with E-state index in [9.17, 15) is 9.18 Å². The van der Waals surface area contributed by atoms with E-state index in [1.165, 1.54) is 22.5 Å². The van der Waals surface area contributed by atoms with Gasteiger partial charge in [0, 0.05) is 17.1 Å². The van der Waals surface area contributed by atoms with Crippen LogP contribution < -0.4 is 5.32 Å². The van der Waals surface area contributed by atoms with Gasteiger partial charge in [-0.25, -0.2) is 4.39 Å². The van der Waals surface area contributed by atoms with Crippen molar-refractivity contribution in [1.29, 1.82) is 0 Å². The Bertz CT molecular complexity index is 871. The number of halogens is 2. The Kier molecular flexibility index (Phi) is 5.62. The number of amides is 1. The Labute approximate surface area is 152 Å². The maximum absolute atomic E-state index is 13.5. The molecule has 3 rings (SSSR count). The molecule has 0 atom stereocenters. The third kappa shape index (κ3) is 4.55. The second-order valence-corrected chi connectivity index (χ2v) is 6.39. The van der Waals surface area contributed by atoms with Crippen LogP contribution in [0.15, 0.2) is 53.7 Å². The lowest BCUT2D eigenvalue weighted by Crippen LogP contribution is -2.25. The number of hydrogen-bond acceptors (Lipinski definition) is 5. The van der Waals surface area contributed by atoms with Crippen LogP contribution in [0.2, 0.25) is 5.02 Å². The molecule has 25 heavy (non-hydrogen) atoms. The average Bonchev–Trinajstić information content (AvgIpc) is 3.08. The molecule has 6 nitrogen and oxygen atoms in total. The van der Waals surface area contributed by atoms with E-state index in [-0.39, 0.29) is 24.0 Å². The monoisotopic (exact) mass is 377 g/mol. The molecule has 0 unspecified atom stereocenters. The van der Waals surface area contributed by atoms with E-state index in [2.05, 4.69) is 20.8 Å². The Balaban J connectivity index is 1.57. The first-order valence-electron chi connectivity index (χ1n) is 7.31. The zero-order chi connectivity index (χ0) is 17.6. The summed E-state index contributed by atoms with van der Waals surface area (Å²) < 4.78 is 15.0. The highest BCUT2D eigenvalue weighted by molar-refractivity contribution is 7.99. The summed E-state index contributed by atoms with van der Waals surface area (Å²) in [6.45, 7) is 0.133. The van der Waals surface area contributed by atoms with Gasteiger partial charge in [0.25, 0.3) is 0 Å². The molecule has 0 spiro atoms. The van der Waals surface area contributed by atoms with Crippen LogP contribution in [-0.4, -0.2) is 31.9 Å². The summed E-state index contributed by atoms with van der Waals surface area (Å²) in [5, 5.41) is 15.2. The molecule has 1 N–H and O–H groups in total. The minimum Gasteiger partial charge on any atom is -0.351 e. The molecule has 0 saturated heterocycles. The van der Waals surface area contributed by atoms with E-state index in [1.807, 2.05) is 0 Å². The maximum Gasteiger partial charge on any atom is 0.230 e. The van der Waals surface area contributed by atoms with Crippen LogP contribution >= 0.6 is 23.4 Å². The van der Waals surface area contributed by atoms with Gasteiger partial charge in [-0.2, -0.15) is 4.68 Å². The molecular weight excluding hydrogens is 365 g/mol. The number of hydrogen-bond donors (Lipinski definition) is 1. The first-order valence-corrected chi connectivity index (χ1v) is 8.67. The van der Waals surface area contributed by atoms with Gasteiger partial charge in [0.1, 0.15) is 5.82 Å². The fourth-order valence-electron chi connectivity index (χ4n) is 2.03. The number of benzene rings is 2. The second-order valence-electron chi connectivity index (χ2n) is 5.01. The Morgan fingerprint density at radius 2 is 1.96 bits per heavy atom. The summed E-state index contributed by atoms with van der Waals surface area (Å²) in [6.07, 6.45) is 0. The first kappa shape index (κ1) is 17.4. The van der Waals surface area contributed by atoms with Crippen molar-refractivity contribution in [2.45, 2.75) is 11.7 Å². The van der Waals surface area contributed by atoms with Gasteiger partial charge in [-0.05, 0) is 40.8 Å². The number of nitrogens with one attached hydrogen (secondary N) is 1. The van der Waals surface area contributed by atoms with Gasteiger partial charge >= 0.3 is 0 Å². The number of tetrazole rings is 1. The van der Waals surface area contributed by atoms with Gasteiger partial charge in [-0.3, -0.25) is 4.79 Å². The molecule has 0 aliphatic heterocycles. The Morgan fingerprint density at radius 3 is 2.72 bits per heavy atom. The number of thioether (sulfide) groups is 1. The normalized spacial score (nSPS) is 10.6. The maximum atomic E-state index is 13.5. The molecule has 0 fully saturated rings. The molecule has 1 amide bonds.